The molecule has 1 aromatic heterocycles. The van der Waals surface area contributed by atoms with Gasteiger partial charge in [0, 0.05) is 12.1 Å². The van der Waals surface area contributed by atoms with E-state index in [-0.39, 0.29) is 18.0 Å². The Bertz CT molecular complexity index is 467. The van der Waals surface area contributed by atoms with Crippen LogP contribution in [-0.2, 0) is 11.3 Å². The summed E-state index contributed by atoms with van der Waals surface area (Å²) in [6.07, 6.45) is 0. The topological polar surface area (TPSA) is 99.2 Å². The summed E-state index contributed by atoms with van der Waals surface area (Å²) in [4.78, 5) is 23.1. The predicted molar refractivity (Wildman–Crippen MR) is 61.2 cm³/mol. The SMILES string of the molecule is COc1ccc(=O)n(CC(C)(C)C(=O)NN)n1. The maximum atomic E-state index is 11.6. The minimum absolute atomic E-state index is 0.117. The van der Waals surface area contributed by atoms with Crippen LogP contribution in [0.4, 0.5) is 0 Å². The monoisotopic (exact) mass is 240 g/mol. The van der Waals surface area contributed by atoms with E-state index in [0.717, 1.165) is 0 Å². The first-order valence-electron chi connectivity index (χ1n) is 5.04. The molecule has 1 rings (SSSR count). The molecule has 0 aliphatic heterocycles. The zero-order valence-corrected chi connectivity index (χ0v) is 10.1. The zero-order valence-electron chi connectivity index (χ0n) is 10.1. The van der Waals surface area contributed by atoms with Crippen molar-refractivity contribution in [3.63, 3.8) is 0 Å². The number of hydrogen-bond donors (Lipinski definition) is 2. The Morgan fingerprint density at radius 3 is 2.76 bits per heavy atom. The van der Waals surface area contributed by atoms with Gasteiger partial charge in [-0.05, 0) is 13.8 Å². The molecule has 0 unspecified atom stereocenters. The smallest absolute Gasteiger partial charge is 0.267 e. The van der Waals surface area contributed by atoms with Gasteiger partial charge >= 0.3 is 0 Å². The summed E-state index contributed by atoms with van der Waals surface area (Å²) in [5.41, 5.74) is 0.923. The average molecular weight is 240 g/mol. The van der Waals surface area contributed by atoms with Gasteiger partial charge in [-0.1, -0.05) is 0 Å². The number of nitrogens with two attached hydrogens (primary N) is 1. The van der Waals surface area contributed by atoms with Crippen molar-refractivity contribution in [3.8, 4) is 5.88 Å². The quantitative estimate of drug-likeness (QED) is 0.410. The van der Waals surface area contributed by atoms with Crippen LogP contribution in [0.5, 0.6) is 5.88 Å². The normalized spacial score (nSPS) is 11.1. The van der Waals surface area contributed by atoms with E-state index in [4.69, 9.17) is 10.6 Å². The van der Waals surface area contributed by atoms with Crippen LogP contribution < -0.4 is 21.6 Å². The van der Waals surface area contributed by atoms with E-state index in [1.54, 1.807) is 13.8 Å². The van der Waals surface area contributed by atoms with Gasteiger partial charge in [0.25, 0.3) is 5.56 Å². The minimum Gasteiger partial charge on any atom is -0.480 e. The molecule has 0 saturated heterocycles. The lowest BCUT2D eigenvalue weighted by Gasteiger charge is -2.22. The number of carbonyl (C=O) groups excluding carboxylic acids is 1. The number of nitrogens with zero attached hydrogens (tertiary/aromatic N) is 2. The first-order valence-corrected chi connectivity index (χ1v) is 5.04. The fraction of sp³-hybridized carbons (Fsp3) is 0.500. The number of methoxy groups -OCH3 is 1. The van der Waals surface area contributed by atoms with Gasteiger partial charge in [-0.3, -0.25) is 15.0 Å². The molecule has 0 bridgehead atoms. The molecule has 17 heavy (non-hydrogen) atoms. The highest BCUT2D eigenvalue weighted by Crippen LogP contribution is 2.16. The number of carbonyl (C=O) groups is 1. The molecule has 0 aliphatic rings. The second-order valence-electron chi connectivity index (χ2n) is 4.23. The van der Waals surface area contributed by atoms with Gasteiger partial charge in [0.1, 0.15) is 0 Å². The largest absolute Gasteiger partial charge is 0.480 e. The molecule has 0 atom stereocenters. The number of hydrogen-bond acceptors (Lipinski definition) is 5. The predicted octanol–water partition coefficient (Wildman–Crippen LogP) is -0.732. The maximum Gasteiger partial charge on any atom is 0.267 e. The van der Waals surface area contributed by atoms with Gasteiger partial charge < -0.3 is 4.74 Å². The Hall–Kier alpha value is -1.89. The standard InChI is InChI=1S/C10H16N4O3/c1-10(2,9(16)12-11)6-14-8(15)5-4-7(13-14)17-3/h4-5H,6,11H2,1-3H3,(H,12,16). The second kappa shape index (κ2) is 4.96. The molecular formula is C10H16N4O3. The highest BCUT2D eigenvalue weighted by molar-refractivity contribution is 5.81. The van der Waals surface area contributed by atoms with E-state index in [9.17, 15) is 9.59 Å². The lowest BCUT2D eigenvalue weighted by Crippen LogP contribution is -2.44. The summed E-state index contributed by atoms with van der Waals surface area (Å²) in [6, 6.07) is 2.80. The Morgan fingerprint density at radius 2 is 2.24 bits per heavy atom. The molecule has 3 N–H and O–H groups in total. The molecule has 7 nitrogen and oxygen atoms in total. The van der Waals surface area contributed by atoms with Crippen LogP contribution in [0.15, 0.2) is 16.9 Å². The Morgan fingerprint density at radius 1 is 1.59 bits per heavy atom. The van der Waals surface area contributed by atoms with Crippen LogP contribution >= 0.6 is 0 Å². The average Bonchev–Trinajstić information content (AvgIpc) is 2.30. The zero-order chi connectivity index (χ0) is 13.1. The van der Waals surface area contributed by atoms with Crippen molar-refractivity contribution in [1.29, 1.82) is 0 Å². The number of nitrogens with one attached hydrogen (secondary N) is 1. The minimum atomic E-state index is -0.835. The maximum absolute atomic E-state index is 11.6. The lowest BCUT2D eigenvalue weighted by atomic mass is 9.93. The molecule has 0 fully saturated rings. The van der Waals surface area contributed by atoms with Crippen LogP contribution in [0.2, 0.25) is 0 Å². The van der Waals surface area contributed by atoms with E-state index in [2.05, 4.69) is 10.5 Å². The molecule has 1 amide bonds. The number of amides is 1. The molecule has 0 aromatic carbocycles. The lowest BCUT2D eigenvalue weighted by molar-refractivity contribution is -0.130. The van der Waals surface area contributed by atoms with Crippen LogP contribution in [0.3, 0.4) is 0 Å². The molecule has 0 saturated carbocycles. The van der Waals surface area contributed by atoms with Gasteiger partial charge in [-0.25, -0.2) is 10.5 Å². The first kappa shape index (κ1) is 13.2. The van der Waals surface area contributed by atoms with E-state index in [1.165, 1.54) is 23.9 Å². The summed E-state index contributed by atoms with van der Waals surface area (Å²) < 4.78 is 6.09. The van der Waals surface area contributed by atoms with Crippen LogP contribution in [0, 0.1) is 5.41 Å². The summed E-state index contributed by atoms with van der Waals surface area (Å²) in [7, 11) is 1.45. The first-order chi connectivity index (χ1) is 7.90. The number of ether oxygens (including phenoxy) is 1. The van der Waals surface area contributed by atoms with Gasteiger partial charge in [-0.2, -0.15) is 0 Å². The number of hydrazine groups is 1. The molecule has 0 aliphatic carbocycles. The van der Waals surface area contributed by atoms with Gasteiger partial charge in [0.2, 0.25) is 11.8 Å². The molecule has 1 heterocycles. The molecule has 0 spiro atoms. The van der Waals surface area contributed by atoms with Crippen molar-refractivity contribution in [2.45, 2.75) is 20.4 Å². The van der Waals surface area contributed by atoms with Crippen LogP contribution in [0.25, 0.3) is 0 Å². The molecule has 0 radical (unpaired) electrons. The molecule has 1 aromatic rings. The van der Waals surface area contributed by atoms with E-state index in [0.29, 0.717) is 5.88 Å². The van der Waals surface area contributed by atoms with Crippen molar-refractivity contribution in [2.24, 2.45) is 11.3 Å². The van der Waals surface area contributed by atoms with Crippen molar-refractivity contribution >= 4 is 5.91 Å². The molecule has 94 valence electrons. The second-order valence-corrected chi connectivity index (χ2v) is 4.23. The van der Waals surface area contributed by atoms with Gasteiger partial charge in [-0.15, -0.1) is 5.10 Å². The van der Waals surface area contributed by atoms with Crippen molar-refractivity contribution in [3.05, 3.63) is 22.5 Å². The van der Waals surface area contributed by atoms with Crippen molar-refractivity contribution in [1.82, 2.24) is 15.2 Å². The summed E-state index contributed by atoms with van der Waals surface area (Å²) in [5.74, 6) is 5.02. The van der Waals surface area contributed by atoms with Gasteiger partial charge in [0.05, 0.1) is 19.1 Å². The van der Waals surface area contributed by atoms with E-state index >= 15 is 0 Å². The Balaban J connectivity index is 3.02. The third-order valence-electron chi connectivity index (χ3n) is 2.34. The van der Waals surface area contributed by atoms with Crippen LogP contribution in [-0.4, -0.2) is 22.8 Å². The molecule has 7 heteroatoms. The Kier molecular flexibility index (Phi) is 3.84. The third kappa shape index (κ3) is 3.04. The summed E-state index contributed by atoms with van der Waals surface area (Å²) >= 11 is 0. The van der Waals surface area contributed by atoms with E-state index < -0.39 is 5.41 Å². The van der Waals surface area contributed by atoms with Crippen molar-refractivity contribution < 1.29 is 9.53 Å². The molecular weight excluding hydrogens is 224 g/mol. The van der Waals surface area contributed by atoms with Gasteiger partial charge in [0.15, 0.2) is 0 Å². The number of rotatable bonds is 4. The fourth-order valence-corrected chi connectivity index (χ4v) is 1.29. The third-order valence-corrected chi connectivity index (χ3v) is 2.34. The Labute approximate surface area is 98.5 Å². The number of aromatic nitrogens is 2. The van der Waals surface area contributed by atoms with Crippen LogP contribution in [0.1, 0.15) is 13.8 Å². The van der Waals surface area contributed by atoms with Crippen molar-refractivity contribution in [2.75, 3.05) is 7.11 Å². The summed E-state index contributed by atoms with van der Waals surface area (Å²) in [6.45, 7) is 3.46. The van der Waals surface area contributed by atoms with E-state index in [1.807, 2.05) is 0 Å². The highest BCUT2D eigenvalue weighted by atomic mass is 16.5. The fourth-order valence-electron chi connectivity index (χ4n) is 1.29. The summed E-state index contributed by atoms with van der Waals surface area (Å²) in [5, 5.41) is 3.95. The highest BCUT2D eigenvalue weighted by Gasteiger charge is 2.28.